The van der Waals surface area contributed by atoms with Crippen molar-refractivity contribution in [2.45, 2.75) is 13.3 Å². The van der Waals surface area contributed by atoms with Crippen LogP contribution < -0.4 is 4.74 Å². The molecule has 18 heavy (non-hydrogen) atoms. The molecule has 0 aliphatic rings. The van der Waals surface area contributed by atoms with Gasteiger partial charge in [0.15, 0.2) is 6.29 Å². The first-order valence-corrected chi connectivity index (χ1v) is 5.64. The number of hydrogen-bond acceptors (Lipinski definition) is 4. The van der Waals surface area contributed by atoms with Crippen molar-refractivity contribution in [2.24, 2.45) is 0 Å². The minimum absolute atomic E-state index is 0.422. The molecule has 0 radical (unpaired) electrons. The molecule has 2 aromatic rings. The molecule has 4 heteroatoms. The molecule has 1 aromatic heterocycles. The van der Waals surface area contributed by atoms with Crippen LogP contribution in [0.2, 0.25) is 0 Å². The number of aldehydes is 1. The molecule has 0 saturated heterocycles. The van der Waals surface area contributed by atoms with Gasteiger partial charge in [0.25, 0.3) is 0 Å². The van der Waals surface area contributed by atoms with Gasteiger partial charge in [-0.3, -0.25) is 4.79 Å². The molecule has 0 saturated carbocycles. The highest BCUT2D eigenvalue weighted by Crippen LogP contribution is 2.13. The van der Waals surface area contributed by atoms with Crippen LogP contribution in [-0.4, -0.2) is 23.4 Å². The van der Waals surface area contributed by atoms with E-state index in [0.29, 0.717) is 17.9 Å². The van der Waals surface area contributed by atoms with E-state index in [0.717, 1.165) is 23.3 Å². The lowest BCUT2D eigenvalue weighted by atomic mass is 10.1. The van der Waals surface area contributed by atoms with E-state index < -0.39 is 0 Å². The summed E-state index contributed by atoms with van der Waals surface area (Å²) in [7, 11) is 1.63. The fourth-order valence-corrected chi connectivity index (χ4v) is 1.72. The monoisotopic (exact) mass is 242 g/mol. The van der Waals surface area contributed by atoms with E-state index in [-0.39, 0.29) is 0 Å². The number of ether oxygens (including phenoxy) is 1. The van der Waals surface area contributed by atoms with E-state index in [9.17, 15) is 4.79 Å². The van der Waals surface area contributed by atoms with Crippen molar-refractivity contribution >= 4 is 6.29 Å². The highest BCUT2D eigenvalue weighted by molar-refractivity contribution is 5.71. The minimum atomic E-state index is 0.422. The number of aryl methyl sites for hydroxylation is 1. The summed E-state index contributed by atoms with van der Waals surface area (Å²) in [6.07, 6.45) is 1.35. The van der Waals surface area contributed by atoms with E-state index in [1.807, 2.05) is 31.2 Å². The van der Waals surface area contributed by atoms with Gasteiger partial charge in [0, 0.05) is 12.1 Å². The Balaban J connectivity index is 2.22. The number of carbonyl (C=O) groups is 1. The zero-order valence-corrected chi connectivity index (χ0v) is 10.4. The highest BCUT2D eigenvalue weighted by atomic mass is 16.5. The molecule has 0 aliphatic carbocycles. The fraction of sp³-hybridized carbons (Fsp3) is 0.214. The van der Waals surface area contributed by atoms with Crippen LogP contribution in [0.15, 0.2) is 30.3 Å². The lowest BCUT2D eigenvalue weighted by molar-refractivity contribution is 0.111. The molecule has 0 aliphatic heterocycles. The van der Waals surface area contributed by atoms with Gasteiger partial charge in [-0.1, -0.05) is 12.1 Å². The van der Waals surface area contributed by atoms with Crippen molar-refractivity contribution in [3.63, 3.8) is 0 Å². The molecule has 0 atom stereocenters. The van der Waals surface area contributed by atoms with Gasteiger partial charge >= 0.3 is 0 Å². The Morgan fingerprint density at radius 3 is 2.56 bits per heavy atom. The lowest BCUT2D eigenvalue weighted by Gasteiger charge is -2.04. The third-order valence-electron chi connectivity index (χ3n) is 2.56. The van der Waals surface area contributed by atoms with Crippen molar-refractivity contribution < 1.29 is 9.53 Å². The zero-order chi connectivity index (χ0) is 13.0. The summed E-state index contributed by atoms with van der Waals surface area (Å²) >= 11 is 0. The molecule has 0 unspecified atom stereocenters. The van der Waals surface area contributed by atoms with Crippen LogP contribution in [0.3, 0.4) is 0 Å². The number of aromatic nitrogens is 2. The minimum Gasteiger partial charge on any atom is -0.497 e. The van der Waals surface area contributed by atoms with E-state index in [2.05, 4.69) is 9.97 Å². The van der Waals surface area contributed by atoms with Crippen molar-refractivity contribution in [1.29, 1.82) is 0 Å². The molecule has 0 fully saturated rings. The van der Waals surface area contributed by atoms with Gasteiger partial charge in [-0.05, 0) is 30.7 Å². The van der Waals surface area contributed by atoms with Crippen LogP contribution in [0.4, 0.5) is 0 Å². The van der Waals surface area contributed by atoms with Gasteiger partial charge in [0.05, 0.1) is 7.11 Å². The summed E-state index contributed by atoms with van der Waals surface area (Å²) in [6.45, 7) is 1.85. The number of nitrogens with zero attached hydrogens (tertiary/aromatic N) is 2. The predicted octanol–water partition coefficient (Wildman–Crippen LogP) is 2.20. The Kier molecular flexibility index (Phi) is 3.67. The third kappa shape index (κ3) is 2.91. The predicted molar refractivity (Wildman–Crippen MR) is 68.0 cm³/mol. The van der Waals surface area contributed by atoms with Crippen LogP contribution in [0.25, 0.3) is 0 Å². The van der Waals surface area contributed by atoms with E-state index in [1.54, 1.807) is 13.2 Å². The SMILES string of the molecule is COc1ccc(Cc2nc(C)cc(C=O)n2)cc1. The Bertz CT molecular complexity index is 550. The van der Waals surface area contributed by atoms with Gasteiger partial charge in [0.2, 0.25) is 0 Å². The number of rotatable bonds is 4. The molecule has 0 bridgehead atoms. The average Bonchev–Trinajstić information content (AvgIpc) is 2.39. The first-order valence-electron chi connectivity index (χ1n) is 5.64. The second kappa shape index (κ2) is 5.40. The molecule has 0 N–H and O–H groups in total. The molecule has 1 aromatic carbocycles. The zero-order valence-electron chi connectivity index (χ0n) is 10.4. The number of benzene rings is 1. The summed E-state index contributed by atoms with van der Waals surface area (Å²) in [5, 5.41) is 0. The van der Waals surface area contributed by atoms with E-state index in [1.165, 1.54) is 0 Å². The van der Waals surface area contributed by atoms with Crippen LogP contribution >= 0.6 is 0 Å². The Morgan fingerprint density at radius 2 is 1.94 bits per heavy atom. The Morgan fingerprint density at radius 1 is 1.22 bits per heavy atom. The molecule has 0 spiro atoms. The quantitative estimate of drug-likeness (QED) is 0.771. The summed E-state index contributed by atoms with van der Waals surface area (Å²) in [4.78, 5) is 19.2. The Labute approximate surface area is 106 Å². The van der Waals surface area contributed by atoms with Crippen molar-refractivity contribution in [1.82, 2.24) is 9.97 Å². The Hall–Kier alpha value is -2.23. The second-order valence-electron chi connectivity index (χ2n) is 3.99. The van der Waals surface area contributed by atoms with Gasteiger partial charge in [-0.2, -0.15) is 0 Å². The first-order chi connectivity index (χ1) is 8.71. The average molecular weight is 242 g/mol. The fourth-order valence-electron chi connectivity index (χ4n) is 1.72. The highest BCUT2D eigenvalue weighted by Gasteiger charge is 2.03. The van der Waals surface area contributed by atoms with Crippen molar-refractivity contribution in [3.05, 3.63) is 53.1 Å². The maximum Gasteiger partial charge on any atom is 0.168 e. The summed E-state index contributed by atoms with van der Waals surface area (Å²) in [5.74, 6) is 1.47. The summed E-state index contributed by atoms with van der Waals surface area (Å²) in [5.41, 5.74) is 2.31. The van der Waals surface area contributed by atoms with Gasteiger partial charge < -0.3 is 4.74 Å². The van der Waals surface area contributed by atoms with Crippen LogP contribution in [0, 0.1) is 6.92 Å². The van der Waals surface area contributed by atoms with Crippen LogP contribution in [-0.2, 0) is 6.42 Å². The summed E-state index contributed by atoms with van der Waals surface area (Å²) < 4.78 is 5.10. The third-order valence-corrected chi connectivity index (χ3v) is 2.56. The van der Waals surface area contributed by atoms with E-state index >= 15 is 0 Å². The van der Waals surface area contributed by atoms with Gasteiger partial charge in [-0.25, -0.2) is 9.97 Å². The molecule has 0 amide bonds. The van der Waals surface area contributed by atoms with Crippen molar-refractivity contribution in [3.8, 4) is 5.75 Å². The van der Waals surface area contributed by atoms with E-state index in [4.69, 9.17) is 4.74 Å². The van der Waals surface area contributed by atoms with Crippen molar-refractivity contribution in [2.75, 3.05) is 7.11 Å². The van der Waals surface area contributed by atoms with Gasteiger partial charge in [-0.15, -0.1) is 0 Å². The molecule has 92 valence electrons. The van der Waals surface area contributed by atoms with Crippen LogP contribution in [0.5, 0.6) is 5.75 Å². The molecule has 4 nitrogen and oxygen atoms in total. The maximum absolute atomic E-state index is 10.7. The molecule has 1 heterocycles. The van der Waals surface area contributed by atoms with Crippen LogP contribution in [0.1, 0.15) is 27.6 Å². The molecule has 2 rings (SSSR count). The molecular formula is C14H14N2O2. The second-order valence-corrected chi connectivity index (χ2v) is 3.99. The lowest BCUT2D eigenvalue weighted by Crippen LogP contribution is -2.01. The van der Waals surface area contributed by atoms with Gasteiger partial charge in [0.1, 0.15) is 17.3 Å². The largest absolute Gasteiger partial charge is 0.497 e. The number of methoxy groups -OCH3 is 1. The smallest absolute Gasteiger partial charge is 0.168 e. The standard InChI is InChI=1S/C14H14N2O2/c1-10-7-12(9-17)16-14(15-10)8-11-3-5-13(18-2)6-4-11/h3-7,9H,8H2,1-2H3. The number of hydrogen-bond donors (Lipinski definition) is 0. The first kappa shape index (κ1) is 12.2. The number of carbonyl (C=O) groups excluding carboxylic acids is 1. The molecular weight excluding hydrogens is 228 g/mol. The summed E-state index contributed by atoms with van der Waals surface area (Å²) in [6, 6.07) is 9.39. The topological polar surface area (TPSA) is 52.1 Å². The normalized spacial score (nSPS) is 10.1. The maximum atomic E-state index is 10.7.